The van der Waals surface area contributed by atoms with Crippen LogP contribution in [0.3, 0.4) is 0 Å². The molecule has 0 spiro atoms. The fourth-order valence-electron chi connectivity index (χ4n) is 2.54. The number of aromatic nitrogens is 2. The normalized spacial score (nSPS) is 29.3. The summed E-state index contributed by atoms with van der Waals surface area (Å²) in [6.45, 7) is 2.33. The molecule has 2 fully saturated rings. The Morgan fingerprint density at radius 1 is 1.25 bits per heavy atom. The van der Waals surface area contributed by atoms with E-state index in [4.69, 9.17) is 0 Å². The van der Waals surface area contributed by atoms with Crippen LogP contribution in [-0.4, -0.2) is 16.0 Å². The van der Waals surface area contributed by atoms with E-state index in [1.165, 1.54) is 32.1 Å². The lowest BCUT2D eigenvalue weighted by atomic mass is 10.1. The molecule has 0 aromatic carbocycles. The van der Waals surface area contributed by atoms with E-state index < -0.39 is 0 Å². The van der Waals surface area contributed by atoms with Gasteiger partial charge in [0.15, 0.2) is 0 Å². The predicted molar refractivity (Wildman–Crippen MR) is 64.4 cm³/mol. The molecule has 2 atom stereocenters. The van der Waals surface area contributed by atoms with Crippen molar-refractivity contribution in [3.05, 3.63) is 18.1 Å². The van der Waals surface area contributed by atoms with Crippen LogP contribution in [0.5, 0.6) is 0 Å². The quantitative estimate of drug-likeness (QED) is 0.845. The molecule has 1 aromatic rings. The van der Waals surface area contributed by atoms with Crippen LogP contribution in [0, 0.1) is 5.92 Å². The van der Waals surface area contributed by atoms with Gasteiger partial charge in [-0.25, -0.2) is 9.97 Å². The number of rotatable bonds is 3. The first-order valence-electron chi connectivity index (χ1n) is 6.41. The molecule has 2 aliphatic rings. The van der Waals surface area contributed by atoms with Crippen LogP contribution in [0.15, 0.2) is 12.3 Å². The summed E-state index contributed by atoms with van der Waals surface area (Å²) < 4.78 is 0. The SMILES string of the molecule is CC1CCC(Nc2ccnc(C3CC3)n2)C1. The highest BCUT2D eigenvalue weighted by atomic mass is 15.1. The van der Waals surface area contributed by atoms with Crippen molar-refractivity contribution >= 4 is 5.82 Å². The van der Waals surface area contributed by atoms with Gasteiger partial charge < -0.3 is 5.32 Å². The summed E-state index contributed by atoms with van der Waals surface area (Å²) in [4.78, 5) is 8.94. The predicted octanol–water partition coefficient (Wildman–Crippen LogP) is 2.95. The number of hydrogen-bond donors (Lipinski definition) is 1. The zero-order chi connectivity index (χ0) is 11.0. The molecule has 16 heavy (non-hydrogen) atoms. The van der Waals surface area contributed by atoms with Crippen molar-refractivity contribution < 1.29 is 0 Å². The molecule has 0 saturated heterocycles. The third-order valence-corrected chi connectivity index (χ3v) is 3.66. The van der Waals surface area contributed by atoms with Gasteiger partial charge >= 0.3 is 0 Å². The maximum atomic E-state index is 4.60. The monoisotopic (exact) mass is 217 g/mol. The van der Waals surface area contributed by atoms with Crippen LogP contribution in [0.1, 0.15) is 50.8 Å². The zero-order valence-corrected chi connectivity index (χ0v) is 9.82. The summed E-state index contributed by atoms with van der Waals surface area (Å²) in [5.41, 5.74) is 0. The summed E-state index contributed by atoms with van der Waals surface area (Å²) in [6, 6.07) is 2.62. The van der Waals surface area contributed by atoms with Crippen molar-refractivity contribution in [2.24, 2.45) is 5.92 Å². The molecule has 1 heterocycles. The molecule has 0 bridgehead atoms. The van der Waals surface area contributed by atoms with Crippen molar-refractivity contribution in [2.75, 3.05) is 5.32 Å². The Labute approximate surface area is 96.7 Å². The second-order valence-electron chi connectivity index (χ2n) is 5.33. The fourth-order valence-corrected chi connectivity index (χ4v) is 2.54. The molecule has 3 rings (SSSR count). The first kappa shape index (κ1) is 10.1. The highest BCUT2D eigenvalue weighted by Gasteiger charge is 2.27. The Balaban J connectivity index is 1.67. The van der Waals surface area contributed by atoms with Crippen LogP contribution in [0.4, 0.5) is 5.82 Å². The van der Waals surface area contributed by atoms with Gasteiger partial charge in [0.2, 0.25) is 0 Å². The van der Waals surface area contributed by atoms with Crippen LogP contribution in [0.2, 0.25) is 0 Å². The Kier molecular flexibility index (Phi) is 2.54. The van der Waals surface area contributed by atoms with Crippen molar-refractivity contribution in [3.63, 3.8) is 0 Å². The smallest absolute Gasteiger partial charge is 0.133 e. The van der Waals surface area contributed by atoms with E-state index in [-0.39, 0.29) is 0 Å². The van der Waals surface area contributed by atoms with Gasteiger partial charge in [0.25, 0.3) is 0 Å². The van der Waals surface area contributed by atoms with Crippen LogP contribution < -0.4 is 5.32 Å². The summed E-state index contributed by atoms with van der Waals surface area (Å²) in [5.74, 6) is 3.57. The van der Waals surface area contributed by atoms with Crippen molar-refractivity contribution in [1.82, 2.24) is 9.97 Å². The second kappa shape index (κ2) is 4.04. The number of hydrogen-bond acceptors (Lipinski definition) is 3. The lowest BCUT2D eigenvalue weighted by molar-refractivity contribution is 0.602. The van der Waals surface area contributed by atoms with E-state index in [0.717, 1.165) is 17.6 Å². The van der Waals surface area contributed by atoms with Crippen LogP contribution in [-0.2, 0) is 0 Å². The molecule has 2 unspecified atom stereocenters. The molecular formula is C13H19N3. The second-order valence-corrected chi connectivity index (χ2v) is 5.33. The summed E-state index contributed by atoms with van der Waals surface area (Å²) >= 11 is 0. The van der Waals surface area contributed by atoms with Crippen LogP contribution >= 0.6 is 0 Å². The van der Waals surface area contributed by atoms with Gasteiger partial charge in [0, 0.05) is 18.2 Å². The number of anilines is 1. The topological polar surface area (TPSA) is 37.8 Å². The van der Waals surface area contributed by atoms with Crippen molar-refractivity contribution in [3.8, 4) is 0 Å². The van der Waals surface area contributed by atoms with Gasteiger partial charge in [0.1, 0.15) is 11.6 Å². The van der Waals surface area contributed by atoms with Crippen molar-refractivity contribution in [2.45, 2.75) is 51.0 Å². The molecule has 0 radical (unpaired) electrons. The molecule has 1 N–H and O–H groups in total. The lowest BCUT2D eigenvalue weighted by Gasteiger charge is -2.13. The molecule has 1 aromatic heterocycles. The van der Waals surface area contributed by atoms with E-state index in [1.807, 2.05) is 12.3 Å². The first-order chi connectivity index (χ1) is 7.81. The minimum atomic E-state index is 0.622. The summed E-state index contributed by atoms with van der Waals surface area (Å²) in [5, 5.41) is 3.54. The van der Waals surface area contributed by atoms with E-state index in [2.05, 4.69) is 22.2 Å². The molecule has 2 saturated carbocycles. The summed E-state index contributed by atoms with van der Waals surface area (Å²) in [7, 11) is 0. The maximum absolute atomic E-state index is 4.60. The third kappa shape index (κ3) is 2.18. The maximum Gasteiger partial charge on any atom is 0.133 e. The molecule has 3 nitrogen and oxygen atoms in total. The van der Waals surface area contributed by atoms with Gasteiger partial charge in [0.05, 0.1) is 0 Å². The van der Waals surface area contributed by atoms with Gasteiger partial charge in [-0.15, -0.1) is 0 Å². The molecule has 3 heteroatoms. The average Bonchev–Trinajstić information content (AvgIpc) is 3.05. The van der Waals surface area contributed by atoms with Gasteiger partial charge in [-0.05, 0) is 44.1 Å². The number of nitrogens with zero attached hydrogens (tertiary/aromatic N) is 2. The molecular weight excluding hydrogens is 198 g/mol. The average molecular weight is 217 g/mol. The Bertz CT molecular complexity index is 373. The zero-order valence-electron chi connectivity index (χ0n) is 9.82. The minimum Gasteiger partial charge on any atom is -0.367 e. The van der Waals surface area contributed by atoms with Crippen LogP contribution in [0.25, 0.3) is 0 Å². The third-order valence-electron chi connectivity index (χ3n) is 3.66. The highest BCUT2D eigenvalue weighted by Crippen LogP contribution is 2.38. The molecule has 0 aliphatic heterocycles. The van der Waals surface area contributed by atoms with E-state index in [9.17, 15) is 0 Å². The fraction of sp³-hybridized carbons (Fsp3) is 0.692. The molecule has 0 amide bonds. The van der Waals surface area contributed by atoms with Crippen molar-refractivity contribution in [1.29, 1.82) is 0 Å². The Morgan fingerprint density at radius 3 is 2.81 bits per heavy atom. The highest BCUT2D eigenvalue weighted by molar-refractivity contribution is 5.35. The first-order valence-corrected chi connectivity index (χ1v) is 6.41. The Morgan fingerprint density at radius 2 is 2.12 bits per heavy atom. The number of nitrogens with one attached hydrogen (secondary N) is 1. The lowest BCUT2D eigenvalue weighted by Crippen LogP contribution is -2.16. The van der Waals surface area contributed by atoms with Gasteiger partial charge in [-0.3, -0.25) is 0 Å². The largest absolute Gasteiger partial charge is 0.367 e. The van der Waals surface area contributed by atoms with Gasteiger partial charge in [-0.2, -0.15) is 0 Å². The van der Waals surface area contributed by atoms with Gasteiger partial charge in [-0.1, -0.05) is 6.92 Å². The minimum absolute atomic E-state index is 0.622. The van der Waals surface area contributed by atoms with E-state index in [0.29, 0.717) is 12.0 Å². The standard InChI is InChI=1S/C13H19N3/c1-9-2-5-11(8-9)15-12-6-7-14-13(16-12)10-3-4-10/h6-7,9-11H,2-5,8H2,1H3,(H,14,15,16). The summed E-state index contributed by atoms with van der Waals surface area (Å²) in [6.07, 6.45) is 8.33. The van der Waals surface area contributed by atoms with E-state index >= 15 is 0 Å². The molecule has 86 valence electrons. The Hall–Kier alpha value is -1.12. The van der Waals surface area contributed by atoms with E-state index in [1.54, 1.807) is 0 Å². The molecule has 2 aliphatic carbocycles.